The normalized spacial score (nSPS) is 14.6. The molecule has 1 aromatic carbocycles. The maximum Gasteiger partial charge on any atom is 0.326 e. The fourth-order valence-electron chi connectivity index (χ4n) is 2.47. The van der Waals surface area contributed by atoms with E-state index in [0.717, 1.165) is 11.3 Å². The number of aryl methyl sites for hydroxylation is 1. The van der Waals surface area contributed by atoms with Gasteiger partial charge in [0.1, 0.15) is 10.7 Å². The quantitative estimate of drug-likeness (QED) is 0.930. The molecule has 2 aromatic rings. The molecule has 3 rings (SSSR count). The Balaban J connectivity index is 1.78. The molecule has 1 fully saturated rings. The zero-order valence-corrected chi connectivity index (χ0v) is 13.3. The molecule has 2 N–H and O–H groups in total. The van der Waals surface area contributed by atoms with Crippen LogP contribution in [0.3, 0.4) is 0 Å². The van der Waals surface area contributed by atoms with Gasteiger partial charge in [-0.05, 0) is 13.0 Å². The molecule has 3 amide bonds. The highest BCUT2D eigenvalue weighted by Gasteiger charge is 2.32. The van der Waals surface area contributed by atoms with Crippen LogP contribution in [0.4, 0.5) is 14.3 Å². The van der Waals surface area contributed by atoms with Gasteiger partial charge in [-0.3, -0.25) is 9.69 Å². The Kier molecular flexibility index (Phi) is 3.99. The summed E-state index contributed by atoms with van der Waals surface area (Å²) in [6.07, 6.45) is 0. The van der Waals surface area contributed by atoms with Gasteiger partial charge in [0.2, 0.25) is 0 Å². The number of benzene rings is 1. The van der Waals surface area contributed by atoms with Crippen LogP contribution in [0.15, 0.2) is 24.3 Å². The standard InChI is InChI=1S/C15H15FN4O2S/c1-9-12(13(17)21)23-14(18-9)20-7-6-19(15(20)22)8-10-4-2-3-5-11(10)16/h2-5H,6-8H2,1H3,(H2,17,21). The van der Waals surface area contributed by atoms with E-state index in [1.165, 1.54) is 11.0 Å². The average molecular weight is 334 g/mol. The van der Waals surface area contributed by atoms with Crippen LogP contribution in [0, 0.1) is 12.7 Å². The molecule has 2 heterocycles. The van der Waals surface area contributed by atoms with Crippen LogP contribution >= 0.6 is 11.3 Å². The Morgan fingerprint density at radius 2 is 2.13 bits per heavy atom. The number of rotatable bonds is 4. The maximum atomic E-state index is 13.7. The number of hydrogen-bond acceptors (Lipinski definition) is 4. The lowest BCUT2D eigenvalue weighted by Crippen LogP contribution is -2.31. The molecule has 0 atom stereocenters. The summed E-state index contributed by atoms with van der Waals surface area (Å²) in [5.74, 6) is -0.888. The largest absolute Gasteiger partial charge is 0.365 e. The molecule has 1 aliphatic heterocycles. The first kappa shape index (κ1) is 15.4. The van der Waals surface area contributed by atoms with Crippen LogP contribution < -0.4 is 10.6 Å². The molecule has 1 aromatic heterocycles. The zero-order valence-electron chi connectivity index (χ0n) is 12.5. The van der Waals surface area contributed by atoms with Crippen LogP contribution in [0.1, 0.15) is 20.9 Å². The number of carbonyl (C=O) groups is 2. The van der Waals surface area contributed by atoms with Gasteiger partial charge in [0.25, 0.3) is 5.91 Å². The monoisotopic (exact) mass is 334 g/mol. The SMILES string of the molecule is Cc1nc(N2CCN(Cc3ccccc3F)C2=O)sc1C(N)=O. The molecule has 0 bridgehead atoms. The first-order valence-corrected chi connectivity index (χ1v) is 7.86. The van der Waals surface area contributed by atoms with Gasteiger partial charge in [0.05, 0.1) is 12.2 Å². The van der Waals surface area contributed by atoms with Crippen molar-refractivity contribution >= 4 is 28.4 Å². The number of aromatic nitrogens is 1. The number of nitrogens with zero attached hydrogens (tertiary/aromatic N) is 3. The summed E-state index contributed by atoms with van der Waals surface area (Å²) in [5, 5.41) is 0.442. The minimum absolute atomic E-state index is 0.203. The molecule has 120 valence electrons. The Labute approximate surface area is 136 Å². The molecule has 23 heavy (non-hydrogen) atoms. The van der Waals surface area contributed by atoms with Crippen molar-refractivity contribution in [3.63, 3.8) is 0 Å². The Bertz CT molecular complexity index is 777. The van der Waals surface area contributed by atoms with Crippen LogP contribution in [0.2, 0.25) is 0 Å². The summed E-state index contributed by atoms with van der Waals surface area (Å²) < 4.78 is 13.7. The summed E-state index contributed by atoms with van der Waals surface area (Å²) in [7, 11) is 0. The van der Waals surface area contributed by atoms with Gasteiger partial charge in [-0.15, -0.1) is 0 Å². The first-order chi connectivity index (χ1) is 11.0. The Hall–Kier alpha value is -2.48. The first-order valence-electron chi connectivity index (χ1n) is 7.04. The van der Waals surface area contributed by atoms with E-state index in [-0.39, 0.29) is 18.4 Å². The summed E-state index contributed by atoms with van der Waals surface area (Å²) in [6.45, 7) is 2.79. The van der Waals surface area contributed by atoms with Crippen molar-refractivity contribution in [2.75, 3.05) is 18.0 Å². The van der Waals surface area contributed by atoms with Gasteiger partial charge in [-0.2, -0.15) is 0 Å². The summed E-state index contributed by atoms with van der Waals surface area (Å²) in [5.41, 5.74) is 6.26. The highest BCUT2D eigenvalue weighted by atomic mass is 32.1. The number of amides is 3. The molecule has 0 unspecified atom stereocenters. The molecular formula is C15H15FN4O2S. The molecular weight excluding hydrogens is 319 g/mol. The molecule has 0 aliphatic carbocycles. The van der Waals surface area contributed by atoms with E-state index < -0.39 is 5.91 Å². The van der Waals surface area contributed by atoms with E-state index >= 15 is 0 Å². The second-order valence-corrected chi connectivity index (χ2v) is 6.20. The molecule has 1 saturated heterocycles. The van der Waals surface area contributed by atoms with Gasteiger partial charge in [-0.1, -0.05) is 29.5 Å². The van der Waals surface area contributed by atoms with Gasteiger partial charge in [0.15, 0.2) is 5.13 Å². The third kappa shape index (κ3) is 2.89. The van der Waals surface area contributed by atoms with Gasteiger partial charge < -0.3 is 10.6 Å². The highest BCUT2D eigenvalue weighted by molar-refractivity contribution is 7.17. The number of anilines is 1. The molecule has 8 heteroatoms. The molecule has 6 nitrogen and oxygen atoms in total. The number of nitrogens with two attached hydrogens (primary N) is 1. The van der Waals surface area contributed by atoms with Crippen molar-refractivity contribution in [2.45, 2.75) is 13.5 Å². The van der Waals surface area contributed by atoms with Gasteiger partial charge in [0, 0.05) is 18.7 Å². The Morgan fingerprint density at radius 3 is 2.78 bits per heavy atom. The lowest BCUT2D eigenvalue weighted by molar-refractivity contribution is 0.100. The second-order valence-electron chi connectivity index (χ2n) is 5.22. The number of urea groups is 1. The minimum Gasteiger partial charge on any atom is -0.365 e. The lowest BCUT2D eigenvalue weighted by atomic mass is 10.2. The fraction of sp³-hybridized carbons (Fsp3) is 0.267. The number of carbonyl (C=O) groups excluding carboxylic acids is 2. The van der Waals surface area contributed by atoms with E-state index in [0.29, 0.717) is 34.4 Å². The van der Waals surface area contributed by atoms with E-state index in [1.54, 1.807) is 30.0 Å². The number of primary amides is 1. The van der Waals surface area contributed by atoms with Crippen molar-refractivity contribution in [3.8, 4) is 0 Å². The maximum absolute atomic E-state index is 13.7. The molecule has 1 aliphatic rings. The fourth-order valence-corrected chi connectivity index (χ4v) is 3.40. The second kappa shape index (κ2) is 5.96. The van der Waals surface area contributed by atoms with E-state index in [2.05, 4.69) is 4.98 Å². The van der Waals surface area contributed by atoms with Crippen LogP contribution in [-0.4, -0.2) is 34.9 Å². The van der Waals surface area contributed by atoms with Crippen molar-refractivity contribution in [2.24, 2.45) is 5.73 Å². The topological polar surface area (TPSA) is 79.5 Å². The average Bonchev–Trinajstić information content (AvgIpc) is 3.05. The van der Waals surface area contributed by atoms with E-state index in [1.807, 2.05) is 0 Å². The van der Waals surface area contributed by atoms with Crippen molar-refractivity contribution < 1.29 is 14.0 Å². The number of halogens is 1. The van der Waals surface area contributed by atoms with Crippen molar-refractivity contribution in [1.29, 1.82) is 0 Å². The summed E-state index contributed by atoms with van der Waals surface area (Å²) >= 11 is 1.10. The van der Waals surface area contributed by atoms with Crippen LogP contribution in [0.5, 0.6) is 0 Å². The number of hydrogen-bond donors (Lipinski definition) is 1. The molecule has 0 spiro atoms. The smallest absolute Gasteiger partial charge is 0.326 e. The van der Waals surface area contributed by atoms with Crippen molar-refractivity contribution in [3.05, 3.63) is 46.2 Å². The summed E-state index contributed by atoms with van der Waals surface area (Å²) in [6, 6.07) is 6.12. The highest BCUT2D eigenvalue weighted by Crippen LogP contribution is 2.29. The minimum atomic E-state index is -0.555. The van der Waals surface area contributed by atoms with Crippen molar-refractivity contribution in [1.82, 2.24) is 9.88 Å². The molecule has 0 saturated carbocycles. The molecule has 0 radical (unpaired) electrons. The third-order valence-corrected chi connectivity index (χ3v) is 4.85. The predicted molar refractivity (Wildman–Crippen MR) is 84.9 cm³/mol. The van der Waals surface area contributed by atoms with E-state index in [4.69, 9.17) is 5.73 Å². The Morgan fingerprint density at radius 1 is 1.39 bits per heavy atom. The number of thiazole rings is 1. The van der Waals surface area contributed by atoms with Crippen LogP contribution in [0.25, 0.3) is 0 Å². The van der Waals surface area contributed by atoms with Gasteiger partial charge in [-0.25, -0.2) is 14.2 Å². The van der Waals surface area contributed by atoms with Crippen LogP contribution in [-0.2, 0) is 6.54 Å². The predicted octanol–water partition coefficient (Wildman–Crippen LogP) is 2.13. The van der Waals surface area contributed by atoms with E-state index in [9.17, 15) is 14.0 Å². The zero-order chi connectivity index (χ0) is 16.6. The lowest BCUT2D eigenvalue weighted by Gasteiger charge is -2.17. The summed E-state index contributed by atoms with van der Waals surface area (Å²) in [4.78, 5) is 31.4. The van der Waals surface area contributed by atoms with Gasteiger partial charge >= 0.3 is 6.03 Å². The third-order valence-electron chi connectivity index (χ3n) is 3.65.